The first kappa shape index (κ1) is 15.0. The fourth-order valence-corrected chi connectivity index (χ4v) is 1.63. The van der Waals surface area contributed by atoms with Crippen molar-refractivity contribution in [1.82, 2.24) is 0 Å². The van der Waals surface area contributed by atoms with Crippen LogP contribution in [0.15, 0.2) is 29.3 Å². The molecule has 102 valence electrons. The summed E-state index contributed by atoms with van der Waals surface area (Å²) in [5.74, 6) is -1.08. The van der Waals surface area contributed by atoms with Crippen molar-refractivity contribution < 1.29 is 19.8 Å². The zero-order valence-electron chi connectivity index (χ0n) is 10.6. The lowest BCUT2D eigenvalue weighted by atomic mass is 10.0. The maximum atomic E-state index is 11.1. The SMILES string of the molecule is O=Cc1ccccc1CC(=NCCCCO)C(=O)O. The molecule has 0 saturated carbocycles. The van der Waals surface area contributed by atoms with E-state index in [2.05, 4.69) is 4.99 Å². The van der Waals surface area contributed by atoms with Crippen molar-refractivity contribution in [2.24, 2.45) is 4.99 Å². The summed E-state index contributed by atoms with van der Waals surface area (Å²) in [6, 6.07) is 6.85. The van der Waals surface area contributed by atoms with Gasteiger partial charge in [0.1, 0.15) is 12.0 Å². The predicted octanol–water partition coefficient (Wildman–Crippen LogP) is 1.34. The summed E-state index contributed by atoms with van der Waals surface area (Å²) >= 11 is 0. The minimum Gasteiger partial charge on any atom is -0.477 e. The quantitative estimate of drug-likeness (QED) is 0.421. The van der Waals surface area contributed by atoms with Crippen LogP contribution in [0.25, 0.3) is 0 Å². The van der Waals surface area contributed by atoms with Crippen molar-refractivity contribution in [2.45, 2.75) is 19.3 Å². The Hall–Kier alpha value is -2.01. The lowest BCUT2D eigenvalue weighted by Gasteiger charge is -2.05. The molecule has 2 N–H and O–H groups in total. The van der Waals surface area contributed by atoms with Crippen molar-refractivity contribution >= 4 is 18.0 Å². The van der Waals surface area contributed by atoms with Crippen molar-refractivity contribution in [1.29, 1.82) is 0 Å². The molecule has 1 aromatic rings. The van der Waals surface area contributed by atoms with Gasteiger partial charge in [-0.05, 0) is 18.4 Å². The summed E-state index contributed by atoms with van der Waals surface area (Å²) in [7, 11) is 0. The van der Waals surface area contributed by atoms with Gasteiger partial charge in [-0.3, -0.25) is 9.79 Å². The van der Waals surface area contributed by atoms with Crippen LogP contribution in [-0.2, 0) is 11.2 Å². The standard InChI is InChI=1S/C14H17NO4/c16-8-4-3-7-15-13(14(18)19)9-11-5-1-2-6-12(11)10-17/h1-2,5-6,10,16H,3-4,7-9H2,(H,18,19). The average molecular weight is 263 g/mol. The van der Waals surface area contributed by atoms with Crippen molar-refractivity contribution in [2.75, 3.05) is 13.2 Å². The smallest absolute Gasteiger partial charge is 0.350 e. The van der Waals surface area contributed by atoms with Crippen LogP contribution in [0.4, 0.5) is 0 Å². The minimum atomic E-state index is -1.08. The number of carbonyl (C=O) groups is 2. The van der Waals surface area contributed by atoms with E-state index < -0.39 is 5.97 Å². The zero-order valence-corrected chi connectivity index (χ0v) is 10.6. The Morgan fingerprint density at radius 1 is 1.26 bits per heavy atom. The van der Waals surface area contributed by atoms with E-state index in [4.69, 9.17) is 10.2 Å². The molecule has 5 heteroatoms. The summed E-state index contributed by atoms with van der Waals surface area (Å²) in [5.41, 5.74) is 1.17. The molecule has 0 atom stereocenters. The van der Waals surface area contributed by atoms with Crippen LogP contribution in [0.2, 0.25) is 0 Å². The predicted molar refractivity (Wildman–Crippen MR) is 71.8 cm³/mol. The highest BCUT2D eigenvalue weighted by molar-refractivity contribution is 6.36. The number of nitrogens with zero attached hydrogens (tertiary/aromatic N) is 1. The van der Waals surface area contributed by atoms with E-state index in [1.165, 1.54) is 0 Å². The van der Waals surface area contributed by atoms with Gasteiger partial charge in [0.05, 0.1) is 0 Å². The van der Waals surface area contributed by atoms with Crippen LogP contribution in [0.5, 0.6) is 0 Å². The fraction of sp³-hybridized carbons (Fsp3) is 0.357. The second-order valence-electron chi connectivity index (χ2n) is 4.06. The number of benzene rings is 1. The Morgan fingerprint density at radius 3 is 2.63 bits per heavy atom. The van der Waals surface area contributed by atoms with Gasteiger partial charge in [0, 0.05) is 25.1 Å². The molecule has 0 amide bonds. The Balaban J connectivity index is 2.78. The van der Waals surface area contributed by atoms with Crippen LogP contribution >= 0.6 is 0 Å². The Labute approximate surface area is 111 Å². The number of carbonyl (C=O) groups excluding carboxylic acids is 1. The number of unbranched alkanes of at least 4 members (excludes halogenated alkanes) is 1. The third-order valence-electron chi connectivity index (χ3n) is 2.66. The number of aliphatic carboxylic acids is 1. The molecule has 0 aromatic heterocycles. The van der Waals surface area contributed by atoms with Gasteiger partial charge in [-0.25, -0.2) is 4.79 Å². The first-order valence-corrected chi connectivity index (χ1v) is 6.09. The number of rotatable bonds is 8. The number of aliphatic imine (C=N–C) groups is 1. The largest absolute Gasteiger partial charge is 0.477 e. The molecule has 0 bridgehead atoms. The van der Waals surface area contributed by atoms with E-state index >= 15 is 0 Å². The molecule has 5 nitrogen and oxygen atoms in total. The normalized spacial score (nSPS) is 11.3. The third kappa shape index (κ3) is 5.01. The van der Waals surface area contributed by atoms with E-state index in [1.807, 2.05) is 0 Å². The van der Waals surface area contributed by atoms with E-state index in [-0.39, 0.29) is 18.7 Å². The molecule has 0 heterocycles. The van der Waals surface area contributed by atoms with Crippen LogP contribution in [-0.4, -0.2) is 41.3 Å². The van der Waals surface area contributed by atoms with Gasteiger partial charge in [0.2, 0.25) is 0 Å². The highest BCUT2D eigenvalue weighted by Gasteiger charge is 2.12. The number of carboxylic acid groups (broad SMARTS) is 1. The van der Waals surface area contributed by atoms with Crippen molar-refractivity contribution in [3.63, 3.8) is 0 Å². The van der Waals surface area contributed by atoms with Gasteiger partial charge in [0.15, 0.2) is 0 Å². The molecule has 19 heavy (non-hydrogen) atoms. The summed E-state index contributed by atoms with van der Waals surface area (Å²) in [4.78, 5) is 26.0. The van der Waals surface area contributed by atoms with Gasteiger partial charge in [-0.15, -0.1) is 0 Å². The van der Waals surface area contributed by atoms with Crippen LogP contribution in [0, 0.1) is 0 Å². The van der Waals surface area contributed by atoms with E-state index in [0.29, 0.717) is 36.8 Å². The molecular formula is C14H17NO4. The minimum absolute atomic E-state index is 0.0345. The molecule has 0 aliphatic carbocycles. The highest BCUT2D eigenvalue weighted by Crippen LogP contribution is 2.08. The summed E-state index contributed by atoms with van der Waals surface area (Å²) in [6.07, 6.45) is 2.08. The number of aldehydes is 1. The summed E-state index contributed by atoms with van der Waals surface area (Å²) in [5, 5.41) is 17.7. The number of aliphatic hydroxyl groups is 1. The monoisotopic (exact) mass is 263 g/mol. The van der Waals surface area contributed by atoms with E-state index in [0.717, 1.165) is 0 Å². The average Bonchev–Trinajstić information content (AvgIpc) is 2.42. The topological polar surface area (TPSA) is 87.0 Å². The van der Waals surface area contributed by atoms with Crippen molar-refractivity contribution in [3.8, 4) is 0 Å². The van der Waals surface area contributed by atoms with E-state index in [1.54, 1.807) is 24.3 Å². The molecule has 0 spiro atoms. The molecule has 1 aromatic carbocycles. The maximum absolute atomic E-state index is 11.1. The first-order valence-electron chi connectivity index (χ1n) is 6.09. The maximum Gasteiger partial charge on any atom is 0.350 e. The molecule has 0 aliphatic rings. The van der Waals surface area contributed by atoms with Crippen LogP contribution in [0.1, 0.15) is 28.8 Å². The number of hydrogen-bond acceptors (Lipinski definition) is 4. The van der Waals surface area contributed by atoms with E-state index in [9.17, 15) is 9.59 Å². The second-order valence-corrected chi connectivity index (χ2v) is 4.06. The fourth-order valence-electron chi connectivity index (χ4n) is 1.63. The highest BCUT2D eigenvalue weighted by atomic mass is 16.4. The van der Waals surface area contributed by atoms with Crippen LogP contribution < -0.4 is 0 Å². The number of aliphatic hydroxyl groups excluding tert-OH is 1. The first-order chi connectivity index (χ1) is 9.19. The van der Waals surface area contributed by atoms with Crippen LogP contribution in [0.3, 0.4) is 0 Å². The third-order valence-corrected chi connectivity index (χ3v) is 2.66. The van der Waals surface area contributed by atoms with Crippen molar-refractivity contribution in [3.05, 3.63) is 35.4 Å². The van der Waals surface area contributed by atoms with Gasteiger partial charge in [-0.1, -0.05) is 24.3 Å². The van der Waals surface area contributed by atoms with Gasteiger partial charge in [-0.2, -0.15) is 0 Å². The molecule has 0 fully saturated rings. The van der Waals surface area contributed by atoms with Gasteiger partial charge < -0.3 is 10.2 Å². The molecule has 1 rings (SSSR count). The Bertz CT molecular complexity index is 468. The molecule has 0 aliphatic heterocycles. The Kier molecular flexibility index (Phi) is 6.46. The number of hydrogen-bond donors (Lipinski definition) is 2. The zero-order chi connectivity index (χ0) is 14.1. The molecule has 0 radical (unpaired) electrons. The summed E-state index contributed by atoms with van der Waals surface area (Å²) < 4.78 is 0. The molecular weight excluding hydrogens is 246 g/mol. The Morgan fingerprint density at radius 2 is 2.00 bits per heavy atom. The van der Waals surface area contributed by atoms with Gasteiger partial charge in [0.25, 0.3) is 0 Å². The second kappa shape index (κ2) is 8.16. The van der Waals surface area contributed by atoms with Gasteiger partial charge >= 0.3 is 5.97 Å². The lowest BCUT2D eigenvalue weighted by molar-refractivity contribution is -0.129. The summed E-state index contributed by atoms with van der Waals surface area (Å²) in [6.45, 7) is 0.442. The molecule has 0 unspecified atom stereocenters. The number of carboxylic acids is 1. The molecule has 0 saturated heterocycles. The lowest BCUT2D eigenvalue weighted by Crippen LogP contribution is -2.17.